The lowest BCUT2D eigenvalue weighted by molar-refractivity contribution is -0.210. The van der Waals surface area contributed by atoms with Gasteiger partial charge in [-0.1, -0.05) is 26.7 Å². The van der Waals surface area contributed by atoms with Gasteiger partial charge in [-0.25, -0.2) is 0 Å². The largest absolute Gasteiger partial charge is 0.392 e. The fourth-order valence-corrected chi connectivity index (χ4v) is 3.10. The van der Waals surface area contributed by atoms with Crippen LogP contribution in [0.15, 0.2) is 0 Å². The van der Waals surface area contributed by atoms with Crippen LogP contribution in [0.1, 0.15) is 39.5 Å². The molecule has 0 amide bonds. The van der Waals surface area contributed by atoms with Crippen molar-refractivity contribution < 1.29 is 18.3 Å². The zero-order valence-electron chi connectivity index (χ0n) is 11.1. The molecule has 0 aromatic heterocycles. The maximum absolute atomic E-state index is 13.0. The number of rotatable bonds is 4. The maximum Gasteiger partial charge on any atom is 0.392 e. The van der Waals surface area contributed by atoms with Crippen molar-refractivity contribution in [1.82, 2.24) is 0 Å². The molecule has 108 valence electrons. The maximum atomic E-state index is 13.0. The van der Waals surface area contributed by atoms with Gasteiger partial charge in [0.25, 0.3) is 0 Å². The van der Waals surface area contributed by atoms with Crippen LogP contribution in [0.3, 0.4) is 0 Å². The van der Waals surface area contributed by atoms with Crippen LogP contribution in [0.5, 0.6) is 0 Å². The first-order chi connectivity index (χ1) is 8.29. The molecule has 5 heteroatoms. The predicted molar refractivity (Wildman–Crippen MR) is 64.9 cm³/mol. The fraction of sp³-hybridized carbons (Fsp3) is 1.00. The molecule has 0 aliphatic heterocycles. The number of nitrogens with two attached hydrogens (primary N) is 1. The summed E-state index contributed by atoms with van der Waals surface area (Å²) in [5, 5.41) is 10.3. The van der Waals surface area contributed by atoms with E-state index < -0.39 is 24.1 Å². The summed E-state index contributed by atoms with van der Waals surface area (Å²) in [5.74, 6) is -2.21. The zero-order chi connectivity index (χ0) is 13.9. The summed E-state index contributed by atoms with van der Waals surface area (Å²) >= 11 is 0. The number of hydrogen-bond acceptors (Lipinski definition) is 2. The Kier molecular flexibility index (Phi) is 5.46. The lowest BCUT2D eigenvalue weighted by Crippen LogP contribution is -2.45. The van der Waals surface area contributed by atoms with Gasteiger partial charge in [0.2, 0.25) is 0 Å². The van der Waals surface area contributed by atoms with Crippen molar-refractivity contribution in [2.75, 3.05) is 6.54 Å². The molecule has 4 atom stereocenters. The molecule has 0 bridgehead atoms. The molecule has 4 unspecified atom stereocenters. The lowest BCUT2D eigenvalue weighted by atomic mass is 9.71. The third kappa shape index (κ3) is 3.60. The summed E-state index contributed by atoms with van der Waals surface area (Å²) in [4.78, 5) is 0. The van der Waals surface area contributed by atoms with Gasteiger partial charge in [0.05, 0.1) is 12.0 Å². The van der Waals surface area contributed by atoms with Crippen molar-refractivity contribution in [2.45, 2.75) is 51.8 Å². The number of aliphatic hydroxyl groups is 1. The minimum Gasteiger partial charge on any atom is -0.392 e. The third-order valence-corrected chi connectivity index (χ3v) is 4.25. The number of halogens is 3. The van der Waals surface area contributed by atoms with Crippen molar-refractivity contribution in [3.63, 3.8) is 0 Å². The molecular formula is C13H24F3NO. The predicted octanol–water partition coefficient (Wildman–Crippen LogP) is 2.95. The van der Waals surface area contributed by atoms with Gasteiger partial charge in [0.15, 0.2) is 0 Å². The van der Waals surface area contributed by atoms with Crippen LogP contribution in [0.2, 0.25) is 0 Å². The Morgan fingerprint density at radius 1 is 1.22 bits per heavy atom. The minimum atomic E-state index is -4.21. The van der Waals surface area contributed by atoms with Crippen LogP contribution < -0.4 is 5.73 Å². The molecule has 18 heavy (non-hydrogen) atoms. The van der Waals surface area contributed by atoms with E-state index in [2.05, 4.69) is 0 Å². The molecule has 1 rings (SSSR count). The van der Waals surface area contributed by atoms with E-state index in [0.717, 1.165) is 6.42 Å². The van der Waals surface area contributed by atoms with Gasteiger partial charge < -0.3 is 10.8 Å². The van der Waals surface area contributed by atoms with Crippen LogP contribution in [0.25, 0.3) is 0 Å². The SMILES string of the molecule is CC(C)C(CN)C(O)C1CCCCC1C(F)(F)F. The molecule has 3 N–H and O–H groups in total. The smallest absolute Gasteiger partial charge is 0.392 e. The summed E-state index contributed by atoms with van der Waals surface area (Å²) in [6, 6.07) is 0. The highest BCUT2D eigenvalue weighted by Gasteiger charge is 2.48. The molecule has 0 radical (unpaired) electrons. The molecule has 1 aliphatic carbocycles. The van der Waals surface area contributed by atoms with Gasteiger partial charge in [-0.3, -0.25) is 0 Å². The number of alkyl halides is 3. The molecule has 0 saturated heterocycles. The van der Waals surface area contributed by atoms with E-state index in [0.29, 0.717) is 12.8 Å². The standard InChI is InChI=1S/C13H24F3NO/c1-8(2)10(7-17)12(18)9-5-3-4-6-11(9)13(14,15)16/h8-12,18H,3-7,17H2,1-2H3. The highest BCUT2D eigenvalue weighted by atomic mass is 19.4. The molecule has 1 aliphatic rings. The van der Waals surface area contributed by atoms with E-state index in [4.69, 9.17) is 5.73 Å². The molecule has 0 aromatic rings. The normalized spacial score (nSPS) is 29.3. The number of hydrogen-bond donors (Lipinski definition) is 2. The van der Waals surface area contributed by atoms with Crippen molar-refractivity contribution in [3.05, 3.63) is 0 Å². The van der Waals surface area contributed by atoms with Gasteiger partial charge in [0.1, 0.15) is 0 Å². The second-order valence-electron chi connectivity index (χ2n) is 5.73. The molecule has 1 fully saturated rings. The average Bonchev–Trinajstić information content (AvgIpc) is 2.28. The van der Waals surface area contributed by atoms with Gasteiger partial charge in [-0.2, -0.15) is 13.2 Å². The van der Waals surface area contributed by atoms with Crippen molar-refractivity contribution >= 4 is 0 Å². The van der Waals surface area contributed by atoms with Crippen molar-refractivity contribution in [2.24, 2.45) is 29.4 Å². The quantitative estimate of drug-likeness (QED) is 0.822. The van der Waals surface area contributed by atoms with Gasteiger partial charge in [-0.05, 0) is 37.1 Å². The highest BCUT2D eigenvalue weighted by molar-refractivity contribution is 4.88. The average molecular weight is 267 g/mol. The highest BCUT2D eigenvalue weighted by Crippen LogP contribution is 2.44. The van der Waals surface area contributed by atoms with E-state index in [9.17, 15) is 18.3 Å². The summed E-state index contributed by atoms with van der Waals surface area (Å²) in [5.41, 5.74) is 5.59. The van der Waals surface area contributed by atoms with Crippen LogP contribution in [-0.4, -0.2) is 23.9 Å². The van der Waals surface area contributed by atoms with E-state index in [1.807, 2.05) is 13.8 Å². The summed E-state index contributed by atoms with van der Waals surface area (Å²) < 4.78 is 38.9. The zero-order valence-corrected chi connectivity index (χ0v) is 11.1. The summed E-state index contributed by atoms with van der Waals surface area (Å²) in [6.07, 6.45) is -3.19. The Hall–Kier alpha value is -0.290. The molecular weight excluding hydrogens is 243 g/mol. The van der Waals surface area contributed by atoms with Crippen LogP contribution >= 0.6 is 0 Å². The van der Waals surface area contributed by atoms with E-state index in [1.165, 1.54) is 0 Å². The van der Waals surface area contributed by atoms with Gasteiger partial charge >= 0.3 is 6.18 Å². The topological polar surface area (TPSA) is 46.2 Å². The molecule has 2 nitrogen and oxygen atoms in total. The van der Waals surface area contributed by atoms with Gasteiger partial charge in [0, 0.05) is 0 Å². The Morgan fingerprint density at radius 3 is 2.22 bits per heavy atom. The monoisotopic (exact) mass is 267 g/mol. The fourth-order valence-electron chi connectivity index (χ4n) is 3.10. The first-order valence-electron chi connectivity index (χ1n) is 6.73. The molecule has 1 saturated carbocycles. The summed E-state index contributed by atoms with van der Waals surface area (Å²) in [7, 11) is 0. The second-order valence-corrected chi connectivity index (χ2v) is 5.73. The first kappa shape index (κ1) is 15.8. The van der Waals surface area contributed by atoms with Gasteiger partial charge in [-0.15, -0.1) is 0 Å². The lowest BCUT2D eigenvalue weighted by Gasteiger charge is -2.39. The minimum absolute atomic E-state index is 0.0980. The Bertz CT molecular complexity index is 255. The molecule has 0 aromatic carbocycles. The van der Waals surface area contributed by atoms with Crippen LogP contribution in [-0.2, 0) is 0 Å². The first-order valence-corrected chi connectivity index (χ1v) is 6.73. The number of aliphatic hydroxyl groups excluding tert-OH is 1. The molecule has 0 spiro atoms. The second kappa shape index (κ2) is 6.24. The van der Waals surface area contributed by atoms with E-state index in [1.54, 1.807) is 0 Å². The van der Waals surface area contributed by atoms with Crippen LogP contribution in [0.4, 0.5) is 13.2 Å². The third-order valence-electron chi connectivity index (χ3n) is 4.25. The Labute approximate surface area is 107 Å². The van der Waals surface area contributed by atoms with E-state index >= 15 is 0 Å². The summed E-state index contributed by atoms with van der Waals surface area (Å²) in [6.45, 7) is 4.03. The molecule has 0 heterocycles. The van der Waals surface area contributed by atoms with E-state index in [-0.39, 0.29) is 24.8 Å². The van der Waals surface area contributed by atoms with Crippen LogP contribution in [0, 0.1) is 23.7 Å². The Morgan fingerprint density at radius 2 is 1.78 bits per heavy atom. The van der Waals surface area contributed by atoms with Crippen molar-refractivity contribution in [3.8, 4) is 0 Å². The Balaban J connectivity index is 2.82. The van der Waals surface area contributed by atoms with Crippen molar-refractivity contribution in [1.29, 1.82) is 0 Å².